The van der Waals surface area contributed by atoms with E-state index in [9.17, 15) is 18.4 Å². The first-order valence-electron chi connectivity index (χ1n) is 9.91. The quantitative estimate of drug-likeness (QED) is 0.521. The molecule has 0 spiro atoms. The summed E-state index contributed by atoms with van der Waals surface area (Å²) in [6.45, 7) is 9.92. The maximum Gasteiger partial charge on any atom is 0.338 e. The molecule has 1 atom stereocenters. The summed E-state index contributed by atoms with van der Waals surface area (Å²) in [6, 6.07) is 1.85. The van der Waals surface area contributed by atoms with Crippen molar-refractivity contribution < 1.29 is 23.1 Å². The van der Waals surface area contributed by atoms with Crippen molar-refractivity contribution in [2.24, 2.45) is 0 Å². The molecule has 0 unspecified atom stereocenters. The maximum absolute atomic E-state index is 13.8. The number of ether oxygens (including phenoxy) is 1. The van der Waals surface area contributed by atoms with Crippen LogP contribution >= 0.6 is 0 Å². The molecule has 0 radical (unpaired) electrons. The number of nitrogens with one attached hydrogen (secondary N) is 2. The van der Waals surface area contributed by atoms with E-state index in [4.69, 9.17) is 4.74 Å². The van der Waals surface area contributed by atoms with E-state index in [1.165, 1.54) is 6.07 Å². The average molecular weight is 420 g/mol. The number of halogens is 2. The minimum atomic E-state index is -1.05. The Balaban J connectivity index is 1.90. The lowest BCUT2D eigenvalue weighted by molar-refractivity contribution is -0.139. The van der Waals surface area contributed by atoms with Gasteiger partial charge in [-0.3, -0.25) is 9.80 Å². The number of carbonyl (C=O) groups is 2. The Morgan fingerprint density at radius 3 is 2.57 bits per heavy atom. The van der Waals surface area contributed by atoms with Crippen LogP contribution in [-0.4, -0.2) is 67.7 Å². The number of piperazine rings is 1. The molecular weight excluding hydrogens is 394 g/mol. The molecular formula is C21H26F2N4O3. The van der Waals surface area contributed by atoms with E-state index in [2.05, 4.69) is 27.0 Å². The highest BCUT2D eigenvalue weighted by Crippen LogP contribution is 2.29. The number of rotatable bonds is 7. The summed E-state index contributed by atoms with van der Waals surface area (Å²) in [6.07, 6.45) is 1.86. The molecule has 2 amide bonds. The van der Waals surface area contributed by atoms with Crippen LogP contribution in [0.3, 0.4) is 0 Å². The van der Waals surface area contributed by atoms with E-state index >= 15 is 0 Å². The Kier molecular flexibility index (Phi) is 7.17. The van der Waals surface area contributed by atoms with Crippen LogP contribution in [-0.2, 0) is 9.53 Å². The second kappa shape index (κ2) is 9.82. The highest BCUT2D eigenvalue weighted by Gasteiger charge is 2.35. The molecule has 9 heteroatoms. The van der Waals surface area contributed by atoms with Crippen LogP contribution in [0.25, 0.3) is 0 Å². The zero-order valence-corrected chi connectivity index (χ0v) is 16.9. The van der Waals surface area contributed by atoms with Gasteiger partial charge in [-0.05, 0) is 24.6 Å². The summed E-state index contributed by atoms with van der Waals surface area (Å²) in [5.74, 6) is -2.67. The molecule has 2 aliphatic rings. The first-order valence-corrected chi connectivity index (χ1v) is 9.91. The van der Waals surface area contributed by atoms with Gasteiger partial charge in [0.1, 0.15) is 0 Å². The summed E-state index contributed by atoms with van der Waals surface area (Å²) in [5, 5.41) is 5.33. The molecule has 1 aromatic carbocycles. The van der Waals surface area contributed by atoms with Crippen LogP contribution in [0, 0.1) is 11.6 Å². The van der Waals surface area contributed by atoms with Gasteiger partial charge in [0, 0.05) is 45.0 Å². The topological polar surface area (TPSA) is 73.9 Å². The Bertz CT molecular complexity index is 851. The molecule has 2 heterocycles. The molecule has 30 heavy (non-hydrogen) atoms. The monoisotopic (exact) mass is 420 g/mol. The number of nitrogens with zero attached hydrogens (tertiary/aromatic N) is 2. The second-order valence-corrected chi connectivity index (χ2v) is 7.18. The molecule has 0 bridgehead atoms. The highest BCUT2D eigenvalue weighted by molar-refractivity contribution is 5.95. The number of amides is 2. The molecule has 2 N–H and O–H groups in total. The van der Waals surface area contributed by atoms with Crippen molar-refractivity contribution in [2.45, 2.75) is 13.0 Å². The van der Waals surface area contributed by atoms with Crippen LogP contribution in [0.5, 0.6) is 0 Å². The van der Waals surface area contributed by atoms with Crippen molar-refractivity contribution in [2.75, 3.05) is 45.9 Å². The van der Waals surface area contributed by atoms with Gasteiger partial charge in [0.2, 0.25) is 0 Å². The van der Waals surface area contributed by atoms with Gasteiger partial charge in [0.15, 0.2) is 11.6 Å². The first-order chi connectivity index (χ1) is 14.4. The fraction of sp³-hybridized carbons (Fsp3) is 0.429. The molecule has 0 aromatic heterocycles. The van der Waals surface area contributed by atoms with Gasteiger partial charge in [0.25, 0.3) is 0 Å². The lowest BCUT2D eigenvalue weighted by atomic mass is 9.94. The number of urea groups is 1. The number of carbonyl (C=O) groups excluding carboxylic acids is 2. The average Bonchev–Trinajstić information content (AvgIpc) is 2.71. The van der Waals surface area contributed by atoms with E-state index in [0.717, 1.165) is 44.9 Å². The van der Waals surface area contributed by atoms with Crippen molar-refractivity contribution in [3.8, 4) is 0 Å². The minimum Gasteiger partial charge on any atom is -0.463 e. The minimum absolute atomic E-state index is 0.147. The van der Waals surface area contributed by atoms with Crippen molar-refractivity contribution in [3.63, 3.8) is 0 Å². The Hall–Kier alpha value is -2.78. The first kappa shape index (κ1) is 21.9. The Morgan fingerprint density at radius 1 is 1.23 bits per heavy atom. The zero-order chi connectivity index (χ0) is 21.7. The van der Waals surface area contributed by atoms with Crippen LogP contribution in [0.2, 0.25) is 0 Å². The fourth-order valence-electron chi connectivity index (χ4n) is 3.67. The second-order valence-electron chi connectivity index (χ2n) is 7.18. The fourth-order valence-corrected chi connectivity index (χ4v) is 3.67. The van der Waals surface area contributed by atoms with E-state index in [1.807, 2.05) is 6.08 Å². The Morgan fingerprint density at radius 2 is 1.93 bits per heavy atom. The molecule has 1 aromatic rings. The van der Waals surface area contributed by atoms with Crippen LogP contribution in [0.1, 0.15) is 18.5 Å². The van der Waals surface area contributed by atoms with E-state index in [1.54, 1.807) is 6.92 Å². The predicted octanol–water partition coefficient (Wildman–Crippen LogP) is 1.94. The molecule has 1 fully saturated rings. The number of hydrogen-bond donors (Lipinski definition) is 2. The Labute approximate surface area is 174 Å². The number of esters is 1. The van der Waals surface area contributed by atoms with Crippen LogP contribution in [0.15, 0.2) is 42.1 Å². The van der Waals surface area contributed by atoms with Crippen LogP contribution in [0.4, 0.5) is 13.6 Å². The number of benzene rings is 1. The van der Waals surface area contributed by atoms with Crippen LogP contribution < -0.4 is 10.6 Å². The van der Waals surface area contributed by atoms with Gasteiger partial charge in [-0.25, -0.2) is 18.4 Å². The lowest BCUT2D eigenvalue weighted by Gasteiger charge is -2.36. The maximum atomic E-state index is 13.8. The molecule has 3 rings (SSSR count). The van der Waals surface area contributed by atoms with Gasteiger partial charge < -0.3 is 15.4 Å². The summed E-state index contributed by atoms with van der Waals surface area (Å²) >= 11 is 0. The SMILES string of the molecule is C=CCN1CCN(CC2=C(C(=O)OCC)[C@H](c3ccc(F)c(F)c3)NC(=O)N2)CC1. The van der Waals surface area contributed by atoms with Gasteiger partial charge in [-0.1, -0.05) is 12.1 Å². The third-order valence-electron chi connectivity index (χ3n) is 5.16. The molecule has 0 saturated carbocycles. The normalized spacial score (nSPS) is 20.5. The van der Waals surface area contributed by atoms with E-state index < -0.39 is 29.7 Å². The standard InChI is InChI=1S/C21H26F2N4O3/c1-3-7-26-8-10-27(11-9-26)13-17-18(20(28)30-4-2)19(25-21(29)24-17)14-5-6-15(22)16(23)12-14/h3,5-6,12,19H,1,4,7-11,13H2,2H3,(H2,24,25,29)/t19-/m0/s1. The van der Waals surface area contributed by atoms with Gasteiger partial charge in [-0.15, -0.1) is 6.58 Å². The molecule has 7 nitrogen and oxygen atoms in total. The summed E-state index contributed by atoms with van der Waals surface area (Å²) in [4.78, 5) is 29.4. The van der Waals surface area contributed by atoms with E-state index in [0.29, 0.717) is 12.2 Å². The molecule has 2 aliphatic heterocycles. The molecule has 162 valence electrons. The van der Waals surface area contributed by atoms with Gasteiger partial charge in [-0.2, -0.15) is 0 Å². The number of hydrogen-bond acceptors (Lipinski definition) is 5. The smallest absolute Gasteiger partial charge is 0.338 e. The highest BCUT2D eigenvalue weighted by atomic mass is 19.2. The van der Waals surface area contributed by atoms with E-state index in [-0.39, 0.29) is 17.7 Å². The molecule has 0 aliphatic carbocycles. The van der Waals surface area contributed by atoms with Gasteiger partial charge in [0.05, 0.1) is 18.2 Å². The zero-order valence-electron chi connectivity index (χ0n) is 16.9. The third-order valence-corrected chi connectivity index (χ3v) is 5.16. The van der Waals surface area contributed by atoms with Crippen molar-refractivity contribution in [1.29, 1.82) is 0 Å². The summed E-state index contributed by atoms with van der Waals surface area (Å²) < 4.78 is 32.4. The largest absolute Gasteiger partial charge is 0.463 e. The predicted molar refractivity (Wildman–Crippen MR) is 108 cm³/mol. The van der Waals surface area contributed by atoms with Crippen molar-refractivity contribution in [1.82, 2.24) is 20.4 Å². The van der Waals surface area contributed by atoms with Gasteiger partial charge >= 0.3 is 12.0 Å². The lowest BCUT2D eigenvalue weighted by Crippen LogP contribution is -2.51. The summed E-state index contributed by atoms with van der Waals surface area (Å²) in [5.41, 5.74) is 0.861. The summed E-state index contributed by atoms with van der Waals surface area (Å²) in [7, 11) is 0. The van der Waals surface area contributed by atoms with Crippen molar-refractivity contribution in [3.05, 3.63) is 59.3 Å². The molecule has 1 saturated heterocycles. The third kappa shape index (κ3) is 5.03. The van der Waals surface area contributed by atoms with Crippen molar-refractivity contribution >= 4 is 12.0 Å².